The van der Waals surface area contributed by atoms with Gasteiger partial charge in [-0.25, -0.2) is 4.98 Å². The number of allylic oxidation sites excluding steroid dienone is 1. The number of ether oxygens (including phenoxy) is 1. The number of pyridine rings is 1. The van der Waals surface area contributed by atoms with Crippen LogP contribution < -0.4 is 10.6 Å². The fourth-order valence-electron chi connectivity index (χ4n) is 2.50. The standard InChI is InChI=1S/C17H19F3N4O3/c18-17(19,20)9-27-13-4-5-21-8-12(13)23-16(26)11-3-6-22-14(7-11)24-15(25)10-1-2-10/h3-7,10,12,15,25H,1-2,8-9H2,(H,22,24)(H,23,26). The molecule has 2 aliphatic rings. The van der Waals surface area contributed by atoms with Crippen molar-refractivity contribution in [2.75, 3.05) is 18.5 Å². The quantitative estimate of drug-likeness (QED) is 0.624. The summed E-state index contributed by atoms with van der Waals surface area (Å²) in [5, 5.41) is 15.3. The van der Waals surface area contributed by atoms with E-state index in [4.69, 9.17) is 4.74 Å². The van der Waals surface area contributed by atoms with E-state index >= 15 is 0 Å². The largest absolute Gasteiger partial charge is 0.486 e. The van der Waals surface area contributed by atoms with Crippen LogP contribution in [0.2, 0.25) is 0 Å². The normalized spacial score (nSPS) is 20.6. The Morgan fingerprint density at radius 1 is 1.41 bits per heavy atom. The Hall–Kier alpha value is -2.62. The molecule has 0 bridgehead atoms. The van der Waals surface area contributed by atoms with Gasteiger partial charge in [0.1, 0.15) is 23.8 Å². The van der Waals surface area contributed by atoms with E-state index in [-0.39, 0.29) is 23.8 Å². The molecule has 0 aromatic carbocycles. The number of aliphatic hydroxyl groups excluding tert-OH is 1. The van der Waals surface area contributed by atoms with Gasteiger partial charge in [0.05, 0.1) is 6.54 Å². The number of hydrogen-bond acceptors (Lipinski definition) is 6. The maximum Gasteiger partial charge on any atom is 0.422 e. The first-order valence-electron chi connectivity index (χ1n) is 8.43. The van der Waals surface area contributed by atoms with Gasteiger partial charge in [-0.1, -0.05) is 0 Å². The molecule has 1 fully saturated rings. The third-order valence-corrected chi connectivity index (χ3v) is 4.07. The molecule has 1 amide bonds. The summed E-state index contributed by atoms with van der Waals surface area (Å²) in [6, 6.07) is 2.13. The molecule has 1 saturated carbocycles. The van der Waals surface area contributed by atoms with Gasteiger partial charge in [0.2, 0.25) is 0 Å². The van der Waals surface area contributed by atoms with Crippen molar-refractivity contribution in [2.24, 2.45) is 10.9 Å². The van der Waals surface area contributed by atoms with E-state index in [2.05, 4.69) is 20.6 Å². The summed E-state index contributed by atoms with van der Waals surface area (Å²) in [4.78, 5) is 20.5. The molecule has 2 heterocycles. The fraction of sp³-hybridized carbons (Fsp3) is 0.471. The van der Waals surface area contributed by atoms with Crippen molar-refractivity contribution in [2.45, 2.75) is 31.3 Å². The van der Waals surface area contributed by atoms with E-state index in [1.807, 2.05) is 0 Å². The van der Waals surface area contributed by atoms with Gasteiger partial charge in [0, 0.05) is 23.9 Å². The van der Waals surface area contributed by atoms with Gasteiger partial charge in [0.25, 0.3) is 5.91 Å². The SMILES string of the molecule is O=C(NC1CN=CC=C1OCC(F)(F)F)c1ccnc(NC(O)C2CC2)c1. The number of carbonyl (C=O) groups excluding carboxylic acids is 1. The monoisotopic (exact) mass is 384 g/mol. The Labute approximate surface area is 153 Å². The maximum absolute atomic E-state index is 12.5. The van der Waals surface area contributed by atoms with Gasteiger partial charge in [0.15, 0.2) is 6.61 Å². The van der Waals surface area contributed by atoms with Crippen LogP contribution in [0.4, 0.5) is 19.0 Å². The first-order valence-corrected chi connectivity index (χ1v) is 8.43. The lowest BCUT2D eigenvalue weighted by Gasteiger charge is -2.23. The summed E-state index contributed by atoms with van der Waals surface area (Å²) < 4.78 is 41.9. The fourth-order valence-corrected chi connectivity index (χ4v) is 2.50. The predicted molar refractivity (Wildman–Crippen MR) is 91.3 cm³/mol. The number of aliphatic hydroxyl groups is 1. The molecule has 3 N–H and O–H groups in total. The highest BCUT2D eigenvalue weighted by Crippen LogP contribution is 2.32. The number of amides is 1. The van der Waals surface area contributed by atoms with E-state index in [1.165, 1.54) is 30.6 Å². The number of nitrogens with one attached hydrogen (secondary N) is 2. The van der Waals surface area contributed by atoms with Crippen molar-refractivity contribution in [1.82, 2.24) is 10.3 Å². The Morgan fingerprint density at radius 3 is 2.89 bits per heavy atom. The zero-order valence-corrected chi connectivity index (χ0v) is 14.2. The molecule has 27 heavy (non-hydrogen) atoms. The second-order valence-corrected chi connectivity index (χ2v) is 6.37. The van der Waals surface area contributed by atoms with Gasteiger partial charge >= 0.3 is 6.18 Å². The molecule has 0 radical (unpaired) electrons. The topological polar surface area (TPSA) is 95.8 Å². The summed E-state index contributed by atoms with van der Waals surface area (Å²) >= 11 is 0. The number of nitrogens with zero attached hydrogens (tertiary/aromatic N) is 2. The second kappa shape index (κ2) is 7.95. The number of anilines is 1. The summed E-state index contributed by atoms with van der Waals surface area (Å²) in [5.74, 6) is 0.00728. The Bertz CT molecular complexity index is 747. The minimum absolute atomic E-state index is 0.00719. The lowest BCUT2D eigenvalue weighted by atomic mass is 10.1. The zero-order valence-electron chi connectivity index (χ0n) is 14.2. The van der Waals surface area contributed by atoms with E-state index in [1.54, 1.807) is 0 Å². The molecule has 1 aliphatic heterocycles. The molecule has 0 spiro atoms. The first-order chi connectivity index (χ1) is 12.8. The minimum Gasteiger partial charge on any atom is -0.486 e. The van der Waals surface area contributed by atoms with Crippen LogP contribution in [-0.2, 0) is 4.74 Å². The number of aliphatic imine (C=N–C) groups is 1. The molecule has 1 aliphatic carbocycles. The van der Waals surface area contributed by atoms with Crippen molar-refractivity contribution in [3.05, 3.63) is 35.7 Å². The average molecular weight is 384 g/mol. The summed E-state index contributed by atoms with van der Waals surface area (Å²) in [5.41, 5.74) is 0.250. The first kappa shape index (κ1) is 19.2. The van der Waals surface area contributed by atoms with E-state index in [9.17, 15) is 23.1 Å². The molecule has 146 valence electrons. The Kier molecular flexibility index (Phi) is 5.64. The van der Waals surface area contributed by atoms with Crippen LogP contribution in [-0.4, -0.2) is 53.8 Å². The van der Waals surface area contributed by atoms with Crippen molar-refractivity contribution >= 4 is 17.9 Å². The molecular weight excluding hydrogens is 365 g/mol. The van der Waals surface area contributed by atoms with E-state index in [0.29, 0.717) is 5.82 Å². The summed E-state index contributed by atoms with van der Waals surface area (Å²) in [6.07, 6.45) is 0.708. The maximum atomic E-state index is 12.5. The highest BCUT2D eigenvalue weighted by atomic mass is 19.4. The smallest absolute Gasteiger partial charge is 0.422 e. The van der Waals surface area contributed by atoms with Crippen molar-refractivity contribution in [3.63, 3.8) is 0 Å². The highest BCUT2D eigenvalue weighted by molar-refractivity contribution is 5.95. The van der Waals surface area contributed by atoms with Gasteiger partial charge in [-0.3, -0.25) is 9.79 Å². The van der Waals surface area contributed by atoms with Gasteiger partial charge in [-0.2, -0.15) is 13.2 Å². The van der Waals surface area contributed by atoms with Gasteiger partial charge in [-0.15, -0.1) is 0 Å². The van der Waals surface area contributed by atoms with Crippen LogP contribution in [0.1, 0.15) is 23.2 Å². The molecule has 2 unspecified atom stereocenters. The van der Waals surface area contributed by atoms with Crippen LogP contribution in [0.5, 0.6) is 0 Å². The average Bonchev–Trinajstić information content (AvgIpc) is 3.46. The lowest BCUT2D eigenvalue weighted by molar-refractivity contribution is -0.165. The Morgan fingerprint density at radius 2 is 2.19 bits per heavy atom. The van der Waals surface area contributed by atoms with Crippen molar-refractivity contribution < 1.29 is 27.8 Å². The molecular formula is C17H19F3N4O3. The third-order valence-electron chi connectivity index (χ3n) is 4.07. The molecule has 10 heteroatoms. The molecule has 0 saturated heterocycles. The molecule has 2 atom stereocenters. The van der Waals surface area contributed by atoms with Crippen LogP contribution in [0, 0.1) is 5.92 Å². The molecule has 7 nitrogen and oxygen atoms in total. The summed E-state index contributed by atoms with van der Waals surface area (Å²) in [6.45, 7) is -1.37. The third kappa shape index (κ3) is 5.68. The van der Waals surface area contributed by atoms with E-state index in [0.717, 1.165) is 12.8 Å². The van der Waals surface area contributed by atoms with Crippen LogP contribution in [0.3, 0.4) is 0 Å². The minimum atomic E-state index is -4.47. The van der Waals surface area contributed by atoms with E-state index < -0.39 is 31.0 Å². The number of carbonyl (C=O) groups is 1. The summed E-state index contributed by atoms with van der Waals surface area (Å²) in [7, 11) is 0. The molecule has 3 rings (SSSR count). The predicted octanol–water partition coefficient (Wildman–Crippen LogP) is 1.87. The zero-order chi connectivity index (χ0) is 19.4. The number of alkyl halides is 3. The number of hydrogen-bond donors (Lipinski definition) is 3. The number of dihydropyridines is 1. The lowest BCUT2D eigenvalue weighted by Crippen LogP contribution is -2.41. The number of halogens is 3. The van der Waals surface area contributed by atoms with Gasteiger partial charge in [-0.05, 0) is 31.1 Å². The van der Waals surface area contributed by atoms with Crippen LogP contribution in [0.25, 0.3) is 0 Å². The van der Waals surface area contributed by atoms with Crippen molar-refractivity contribution in [1.29, 1.82) is 0 Å². The molecule has 1 aromatic rings. The number of rotatable bonds is 7. The Balaban J connectivity index is 1.61. The van der Waals surface area contributed by atoms with Gasteiger partial charge < -0.3 is 20.5 Å². The highest BCUT2D eigenvalue weighted by Gasteiger charge is 2.31. The molecule has 1 aromatic heterocycles. The van der Waals surface area contributed by atoms with Crippen LogP contribution >= 0.6 is 0 Å². The van der Waals surface area contributed by atoms with Crippen LogP contribution in [0.15, 0.2) is 35.2 Å². The van der Waals surface area contributed by atoms with Crippen molar-refractivity contribution in [3.8, 4) is 0 Å². The number of aromatic nitrogens is 1. The second-order valence-electron chi connectivity index (χ2n) is 6.37.